The van der Waals surface area contributed by atoms with Crippen LogP contribution < -0.4 is 4.74 Å². The summed E-state index contributed by atoms with van der Waals surface area (Å²) in [5, 5.41) is 9.25. The van der Waals surface area contributed by atoms with E-state index in [1.165, 1.54) is 0 Å². The molecule has 3 aromatic rings. The fourth-order valence-corrected chi connectivity index (χ4v) is 4.47. The molecule has 2 atom stereocenters. The van der Waals surface area contributed by atoms with Gasteiger partial charge in [-0.15, -0.1) is 11.3 Å². The number of benzene rings is 2. The first-order valence-corrected chi connectivity index (χ1v) is 9.91. The Bertz CT molecular complexity index is 1030. The third kappa shape index (κ3) is 2.83. The summed E-state index contributed by atoms with van der Waals surface area (Å²) in [4.78, 5) is 14.3. The van der Waals surface area contributed by atoms with Crippen LogP contribution in [0.15, 0.2) is 71.1 Å². The number of hydrogen-bond donors (Lipinski definition) is 0. The molecule has 2 aromatic carbocycles. The maximum atomic E-state index is 13.2. The first kappa shape index (κ1) is 16.5. The molecule has 27 heavy (non-hydrogen) atoms. The summed E-state index contributed by atoms with van der Waals surface area (Å²) in [5.41, 5.74) is 2.55. The molecule has 2 aliphatic heterocycles. The van der Waals surface area contributed by atoms with E-state index in [0.717, 1.165) is 22.6 Å². The third-order valence-corrected chi connectivity index (χ3v) is 5.99. The topological polar surface area (TPSA) is 41.9 Å². The number of rotatable bonds is 3. The van der Waals surface area contributed by atoms with Gasteiger partial charge in [0.15, 0.2) is 0 Å². The average Bonchev–Trinajstić information content (AvgIpc) is 3.37. The van der Waals surface area contributed by atoms with Crippen LogP contribution >= 0.6 is 22.9 Å². The van der Waals surface area contributed by atoms with E-state index in [-0.39, 0.29) is 11.8 Å². The molecule has 0 unspecified atom stereocenters. The highest BCUT2D eigenvalue weighted by molar-refractivity contribution is 7.12. The lowest BCUT2D eigenvalue weighted by atomic mass is 9.97. The van der Waals surface area contributed by atoms with Gasteiger partial charge < -0.3 is 4.74 Å². The molecule has 0 N–H and O–H groups in total. The number of nitrogens with zero attached hydrogens (tertiary/aromatic N) is 2. The highest BCUT2D eigenvalue weighted by Gasteiger charge is 2.43. The van der Waals surface area contributed by atoms with E-state index in [1.807, 2.05) is 41.8 Å². The summed E-state index contributed by atoms with van der Waals surface area (Å²) in [6.07, 6.45) is -0.0704. The minimum absolute atomic E-state index is 0.0674. The second kappa shape index (κ2) is 6.51. The van der Waals surface area contributed by atoms with E-state index in [2.05, 4.69) is 6.07 Å². The number of ether oxygens (including phenoxy) is 1. The van der Waals surface area contributed by atoms with E-state index in [1.54, 1.807) is 34.5 Å². The van der Waals surface area contributed by atoms with Gasteiger partial charge in [-0.2, -0.15) is 5.10 Å². The Kier molecular flexibility index (Phi) is 3.99. The summed E-state index contributed by atoms with van der Waals surface area (Å²) in [6, 6.07) is 18.7. The second-order valence-corrected chi connectivity index (χ2v) is 7.89. The minimum Gasteiger partial charge on any atom is -0.461 e. The van der Waals surface area contributed by atoms with E-state index in [4.69, 9.17) is 21.4 Å². The predicted molar refractivity (Wildman–Crippen MR) is 107 cm³/mol. The van der Waals surface area contributed by atoms with Gasteiger partial charge in [-0.05, 0) is 29.6 Å². The highest BCUT2D eigenvalue weighted by Crippen LogP contribution is 2.44. The SMILES string of the molecule is O=C(c1ccccc1)[C@@H]1Oc2ccc(Cl)cc2[C@H]2CC(c3cccs3)=NN21. The molecule has 1 aromatic heterocycles. The van der Waals surface area contributed by atoms with Gasteiger partial charge >= 0.3 is 0 Å². The summed E-state index contributed by atoms with van der Waals surface area (Å²) in [7, 11) is 0. The van der Waals surface area contributed by atoms with Crippen LogP contribution in [-0.4, -0.2) is 22.7 Å². The predicted octanol–water partition coefficient (Wildman–Crippen LogP) is 5.15. The summed E-state index contributed by atoms with van der Waals surface area (Å²) in [6.45, 7) is 0. The Hall–Kier alpha value is -2.63. The zero-order valence-electron chi connectivity index (χ0n) is 14.2. The Labute approximate surface area is 165 Å². The molecule has 4 nitrogen and oxygen atoms in total. The molecule has 134 valence electrons. The van der Waals surface area contributed by atoms with Crippen molar-refractivity contribution in [1.29, 1.82) is 0 Å². The summed E-state index contributed by atoms with van der Waals surface area (Å²) < 4.78 is 6.10. The number of fused-ring (bicyclic) bond motifs is 3. The van der Waals surface area contributed by atoms with Gasteiger partial charge in [0.05, 0.1) is 16.6 Å². The molecular weight excluding hydrogens is 380 g/mol. The van der Waals surface area contributed by atoms with Gasteiger partial charge in [-0.1, -0.05) is 48.0 Å². The summed E-state index contributed by atoms with van der Waals surface area (Å²) in [5.74, 6) is 0.593. The van der Waals surface area contributed by atoms with Crippen molar-refractivity contribution in [1.82, 2.24) is 5.01 Å². The lowest BCUT2D eigenvalue weighted by Gasteiger charge is -2.37. The van der Waals surface area contributed by atoms with Crippen LogP contribution in [0, 0.1) is 0 Å². The van der Waals surface area contributed by atoms with Crippen LogP contribution in [0.4, 0.5) is 0 Å². The van der Waals surface area contributed by atoms with Crippen molar-refractivity contribution in [3.05, 3.63) is 87.1 Å². The first-order valence-electron chi connectivity index (χ1n) is 8.66. The lowest BCUT2D eigenvalue weighted by Crippen LogP contribution is -2.45. The van der Waals surface area contributed by atoms with Crippen LogP contribution in [0.5, 0.6) is 5.75 Å². The van der Waals surface area contributed by atoms with Gasteiger partial charge in [0.1, 0.15) is 5.75 Å². The maximum absolute atomic E-state index is 13.2. The molecule has 0 radical (unpaired) electrons. The van der Waals surface area contributed by atoms with E-state index in [9.17, 15) is 4.79 Å². The fourth-order valence-electron chi connectivity index (χ4n) is 3.57. The molecule has 0 spiro atoms. The minimum atomic E-state index is -0.788. The van der Waals surface area contributed by atoms with Gasteiger partial charge in [-0.3, -0.25) is 4.79 Å². The molecule has 2 aliphatic rings. The number of carbonyl (C=O) groups excluding carboxylic acids is 1. The number of hydrazone groups is 1. The van der Waals surface area contributed by atoms with Crippen LogP contribution in [-0.2, 0) is 0 Å². The lowest BCUT2D eigenvalue weighted by molar-refractivity contribution is -0.00455. The monoisotopic (exact) mass is 394 g/mol. The van der Waals surface area contributed by atoms with Crippen molar-refractivity contribution in [3.8, 4) is 5.75 Å². The Balaban J connectivity index is 1.59. The maximum Gasteiger partial charge on any atom is 0.251 e. The van der Waals surface area contributed by atoms with E-state index >= 15 is 0 Å². The zero-order chi connectivity index (χ0) is 18.4. The standard InChI is InChI=1S/C21H15ClN2O2S/c22-14-8-9-18-15(11-14)17-12-16(19-7-4-10-27-19)23-24(17)21(26-18)20(25)13-5-2-1-3-6-13/h1-11,17,21H,12H2/t17-,21+/m1/s1. The molecule has 0 aliphatic carbocycles. The Morgan fingerprint density at radius 1 is 1.15 bits per heavy atom. The number of thiophene rings is 1. The molecule has 0 saturated heterocycles. The van der Waals surface area contributed by atoms with E-state index in [0.29, 0.717) is 16.3 Å². The number of carbonyl (C=O) groups is 1. The van der Waals surface area contributed by atoms with Gasteiger partial charge in [0, 0.05) is 22.6 Å². The van der Waals surface area contributed by atoms with Crippen LogP contribution in [0.2, 0.25) is 5.02 Å². The molecular formula is C21H15ClN2O2S. The van der Waals surface area contributed by atoms with Gasteiger partial charge in [0.25, 0.3) is 6.23 Å². The van der Waals surface area contributed by atoms with Crippen molar-refractivity contribution in [3.63, 3.8) is 0 Å². The molecule has 0 saturated carbocycles. The van der Waals surface area contributed by atoms with Gasteiger partial charge in [0.2, 0.25) is 5.78 Å². The van der Waals surface area contributed by atoms with E-state index < -0.39 is 6.23 Å². The number of hydrogen-bond acceptors (Lipinski definition) is 5. The molecule has 6 heteroatoms. The van der Waals surface area contributed by atoms with Crippen molar-refractivity contribution in [2.75, 3.05) is 0 Å². The second-order valence-electron chi connectivity index (χ2n) is 6.51. The van der Waals surface area contributed by atoms with Crippen molar-refractivity contribution < 1.29 is 9.53 Å². The Morgan fingerprint density at radius 2 is 2.00 bits per heavy atom. The largest absolute Gasteiger partial charge is 0.461 e. The van der Waals surface area contributed by atoms with Crippen molar-refractivity contribution >= 4 is 34.4 Å². The number of halogens is 1. The molecule has 0 fully saturated rings. The molecule has 5 rings (SSSR count). The van der Waals surface area contributed by atoms with Crippen molar-refractivity contribution in [2.45, 2.75) is 18.7 Å². The smallest absolute Gasteiger partial charge is 0.251 e. The zero-order valence-corrected chi connectivity index (χ0v) is 15.8. The van der Waals surface area contributed by atoms with Gasteiger partial charge in [-0.25, -0.2) is 5.01 Å². The normalized spacial score (nSPS) is 20.5. The van der Waals surface area contributed by atoms with Crippen LogP contribution in [0.1, 0.15) is 33.3 Å². The Morgan fingerprint density at radius 3 is 2.78 bits per heavy atom. The number of ketones is 1. The summed E-state index contributed by atoms with van der Waals surface area (Å²) >= 11 is 7.87. The molecule has 0 amide bonds. The number of Topliss-reactive ketones (excluding diaryl/α,β-unsaturated/α-hetero) is 1. The fraction of sp³-hybridized carbons (Fsp3) is 0.143. The first-order chi connectivity index (χ1) is 13.2. The average molecular weight is 395 g/mol. The third-order valence-electron chi connectivity index (χ3n) is 4.84. The quantitative estimate of drug-likeness (QED) is 0.576. The molecule has 3 heterocycles. The highest BCUT2D eigenvalue weighted by atomic mass is 35.5. The van der Waals surface area contributed by atoms with Crippen LogP contribution in [0.25, 0.3) is 0 Å². The van der Waals surface area contributed by atoms with Crippen LogP contribution in [0.3, 0.4) is 0 Å². The van der Waals surface area contributed by atoms with Crippen molar-refractivity contribution in [2.24, 2.45) is 5.10 Å². The molecule has 0 bridgehead atoms.